The number of rotatable bonds is 2. The monoisotopic (exact) mass is 209 g/mol. The van der Waals surface area contributed by atoms with E-state index >= 15 is 0 Å². The first kappa shape index (κ1) is 10.2. The highest BCUT2D eigenvalue weighted by Crippen LogP contribution is 2.08. The Morgan fingerprint density at radius 2 is 2.53 bits per heavy atom. The maximum absolute atomic E-state index is 11.4. The molecule has 0 radical (unpaired) electrons. The minimum atomic E-state index is -0.328. The summed E-state index contributed by atoms with van der Waals surface area (Å²) in [6, 6.07) is 1.82. The Labute approximate surface area is 88.4 Å². The van der Waals surface area contributed by atoms with Crippen LogP contribution in [0.15, 0.2) is 6.07 Å². The smallest absolute Gasteiger partial charge is 0.358 e. The molecule has 2 rings (SSSR count). The zero-order valence-electron chi connectivity index (χ0n) is 8.82. The van der Waals surface area contributed by atoms with E-state index < -0.39 is 0 Å². The van der Waals surface area contributed by atoms with Gasteiger partial charge in [0.1, 0.15) is 0 Å². The van der Waals surface area contributed by atoms with Crippen LogP contribution in [0.1, 0.15) is 23.1 Å². The summed E-state index contributed by atoms with van der Waals surface area (Å²) in [7, 11) is 0. The van der Waals surface area contributed by atoms with Crippen LogP contribution < -0.4 is 5.32 Å². The van der Waals surface area contributed by atoms with Crippen molar-refractivity contribution in [3.05, 3.63) is 17.5 Å². The number of esters is 1. The molecule has 1 N–H and O–H groups in total. The second-order valence-electron chi connectivity index (χ2n) is 3.46. The molecule has 0 aromatic carbocycles. The third-order valence-electron chi connectivity index (χ3n) is 2.41. The molecule has 0 saturated heterocycles. The normalized spacial score (nSPS) is 15.5. The number of nitrogens with one attached hydrogen (secondary N) is 1. The van der Waals surface area contributed by atoms with Crippen LogP contribution in [0, 0.1) is 0 Å². The van der Waals surface area contributed by atoms with Gasteiger partial charge in [0.15, 0.2) is 5.69 Å². The van der Waals surface area contributed by atoms with Crippen molar-refractivity contribution in [1.29, 1.82) is 0 Å². The van der Waals surface area contributed by atoms with E-state index in [-0.39, 0.29) is 5.97 Å². The molecule has 1 aliphatic rings. The van der Waals surface area contributed by atoms with Gasteiger partial charge in [-0.3, -0.25) is 4.68 Å². The lowest BCUT2D eigenvalue weighted by atomic mass is 10.3. The lowest BCUT2D eigenvalue weighted by Crippen LogP contribution is -2.18. The van der Waals surface area contributed by atoms with Gasteiger partial charge in [-0.25, -0.2) is 4.79 Å². The van der Waals surface area contributed by atoms with Crippen LogP contribution in [0.3, 0.4) is 0 Å². The fourth-order valence-electron chi connectivity index (χ4n) is 1.68. The van der Waals surface area contributed by atoms with Crippen LogP contribution >= 0.6 is 0 Å². The van der Waals surface area contributed by atoms with Crippen molar-refractivity contribution < 1.29 is 9.53 Å². The molecule has 5 heteroatoms. The van der Waals surface area contributed by atoms with E-state index in [1.165, 1.54) is 0 Å². The summed E-state index contributed by atoms with van der Waals surface area (Å²) in [4.78, 5) is 11.4. The van der Waals surface area contributed by atoms with Crippen LogP contribution in [0.4, 0.5) is 0 Å². The summed E-state index contributed by atoms with van der Waals surface area (Å²) in [6.07, 6.45) is 0.909. The van der Waals surface area contributed by atoms with Crippen LogP contribution in [-0.4, -0.2) is 35.4 Å². The van der Waals surface area contributed by atoms with Crippen LogP contribution in [0.5, 0.6) is 0 Å². The number of carbonyl (C=O) groups excluding carboxylic acids is 1. The highest BCUT2D eigenvalue weighted by atomic mass is 16.5. The Hall–Kier alpha value is -1.36. The third kappa shape index (κ3) is 2.18. The second-order valence-corrected chi connectivity index (χ2v) is 3.46. The molecule has 0 unspecified atom stereocenters. The van der Waals surface area contributed by atoms with Gasteiger partial charge < -0.3 is 10.1 Å². The molecule has 1 aliphatic heterocycles. The van der Waals surface area contributed by atoms with Crippen molar-refractivity contribution in [2.24, 2.45) is 0 Å². The average Bonchev–Trinajstić information content (AvgIpc) is 2.51. The van der Waals surface area contributed by atoms with Gasteiger partial charge in [0, 0.05) is 25.2 Å². The highest BCUT2D eigenvalue weighted by Gasteiger charge is 2.16. The highest BCUT2D eigenvalue weighted by molar-refractivity contribution is 5.87. The maximum Gasteiger partial charge on any atom is 0.358 e. The number of hydrogen-bond donors (Lipinski definition) is 1. The van der Waals surface area contributed by atoms with Gasteiger partial charge in [0.25, 0.3) is 0 Å². The van der Waals surface area contributed by atoms with Gasteiger partial charge in [-0.1, -0.05) is 0 Å². The third-order valence-corrected chi connectivity index (χ3v) is 2.41. The largest absolute Gasteiger partial charge is 0.461 e. The van der Waals surface area contributed by atoms with E-state index in [0.29, 0.717) is 12.3 Å². The molecular weight excluding hydrogens is 194 g/mol. The standard InChI is InChI=1S/C10H15N3O2/c1-2-15-10(14)9-7-8-3-4-11-5-6-13(8)12-9/h7,11H,2-6H2,1H3. The Morgan fingerprint density at radius 3 is 3.33 bits per heavy atom. The first-order valence-electron chi connectivity index (χ1n) is 5.26. The minimum Gasteiger partial charge on any atom is -0.461 e. The number of carbonyl (C=O) groups is 1. The minimum absolute atomic E-state index is 0.328. The fraction of sp³-hybridized carbons (Fsp3) is 0.600. The molecule has 0 saturated carbocycles. The molecule has 0 atom stereocenters. The molecule has 0 bridgehead atoms. The van der Waals surface area contributed by atoms with E-state index in [4.69, 9.17) is 4.74 Å². The Morgan fingerprint density at radius 1 is 1.67 bits per heavy atom. The number of aromatic nitrogens is 2. The van der Waals surface area contributed by atoms with Crippen molar-refractivity contribution in [2.45, 2.75) is 19.9 Å². The number of fused-ring (bicyclic) bond motifs is 1. The molecule has 1 aromatic rings. The summed E-state index contributed by atoms with van der Waals surface area (Å²) in [5.74, 6) is -0.328. The van der Waals surface area contributed by atoms with Crippen molar-refractivity contribution in [2.75, 3.05) is 19.7 Å². The van der Waals surface area contributed by atoms with Crippen molar-refractivity contribution >= 4 is 5.97 Å². The lowest BCUT2D eigenvalue weighted by molar-refractivity contribution is 0.0518. The Balaban J connectivity index is 2.18. The molecule has 2 heterocycles. The van der Waals surface area contributed by atoms with Crippen molar-refractivity contribution in [3.8, 4) is 0 Å². The quantitative estimate of drug-likeness (QED) is 0.707. The number of hydrogen-bond acceptors (Lipinski definition) is 4. The predicted octanol–water partition coefficient (Wildman–Crippen LogP) is 0.205. The molecule has 0 amide bonds. The van der Waals surface area contributed by atoms with E-state index in [2.05, 4.69) is 10.4 Å². The van der Waals surface area contributed by atoms with Gasteiger partial charge in [-0.05, 0) is 13.0 Å². The first-order valence-corrected chi connectivity index (χ1v) is 5.26. The summed E-state index contributed by atoms with van der Waals surface area (Å²) in [5, 5.41) is 7.51. The zero-order chi connectivity index (χ0) is 10.7. The van der Waals surface area contributed by atoms with E-state index in [1.54, 1.807) is 6.92 Å². The topological polar surface area (TPSA) is 56.2 Å². The second kappa shape index (κ2) is 4.44. The molecule has 0 aliphatic carbocycles. The van der Waals surface area contributed by atoms with Gasteiger partial charge in [-0.2, -0.15) is 5.10 Å². The molecular formula is C10H15N3O2. The van der Waals surface area contributed by atoms with Gasteiger partial charge in [-0.15, -0.1) is 0 Å². The average molecular weight is 209 g/mol. The summed E-state index contributed by atoms with van der Waals surface area (Å²) < 4.78 is 6.79. The number of ether oxygens (including phenoxy) is 1. The van der Waals surface area contributed by atoms with Gasteiger partial charge >= 0.3 is 5.97 Å². The summed E-state index contributed by atoms with van der Waals surface area (Å²) in [6.45, 7) is 4.84. The van der Waals surface area contributed by atoms with Crippen LogP contribution in [-0.2, 0) is 17.7 Å². The summed E-state index contributed by atoms with van der Waals surface area (Å²) in [5.41, 5.74) is 1.52. The number of nitrogens with zero attached hydrogens (tertiary/aromatic N) is 2. The Bertz CT molecular complexity index is 336. The molecule has 0 fully saturated rings. The Kier molecular flexibility index (Phi) is 3.01. The van der Waals surface area contributed by atoms with Crippen LogP contribution in [0.25, 0.3) is 0 Å². The molecule has 15 heavy (non-hydrogen) atoms. The van der Waals surface area contributed by atoms with Gasteiger partial charge in [0.2, 0.25) is 0 Å². The first-order chi connectivity index (χ1) is 7.31. The molecule has 1 aromatic heterocycles. The van der Waals surface area contributed by atoms with Gasteiger partial charge in [0.05, 0.1) is 13.2 Å². The van der Waals surface area contributed by atoms with E-state index in [9.17, 15) is 4.79 Å². The predicted molar refractivity (Wildman–Crippen MR) is 54.8 cm³/mol. The van der Waals surface area contributed by atoms with E-state index in [1.807, 2.05) is 10.7 Å². The van der Waals surface area contributed by atoms with Crippen LogP contribution in [0.2, 0.25) is 0 Å². The molecule has 5 nitrogen and oxygen atoms in total. The van der Waals surface area contributed by atoms with E-state index in [0.717, 1.165) is 31.7 Å². The maximum atomic E-state index is 11.4. The van der Waals surface area contributed by atoms with Crippen molar-refractivity contribution in [1.82, 2.24) is 15.1 Å². The zero-order valence-corrected chi connectivity index (χ0v) is 8.82. The van der Waals surface area contributed by atoms with Crippen molar-refractivity contribution in [3.63, 3.8) is 0 Å². The lowest BCUT2D eigenvalue weighted by Gasteiger charge is -1.99. The SMILES string of the molecule is CCOC(=O)c1cc2n(n1)CCNCC2. The fourth-order valence-corrected chi connectivity index (χ4v) is 1.68. The molecule has 0 spiro atoms. The molecule has 82 valence electrons. The summed E-state index contributed by atoms with van der Waals surface area (Å²) >= 11 is 0.